The van der Waals surface area contributed by atoms with Crippen LogP contribution in [-0.2, 0) is 0 Å². The molecule has 0 saturated carbocycles. The van der Waals surface area contributed by atoms with E-state index in [1.54, 1.807) is 24.3 Å². The Hall–Kier alpha value is -3.53. The minimum absolute atomic E-state index is 0.152. The minimum atomic E-state index is -0.772. The normalized spacial score (nSPS) is 9.89. The lowest BCUT2D eigenvalue weighted by Crippen LogP contribution is -2.48. The van der Waals surface area contributed by atoms with E-state index >= 15 is 0 Å². The van der Waals surface area contributed by atoms with Crippen LogP contribution in [0.4, 0.5) is 5.69 Å². The summed E-state index contributed by atoms with van der Waals surface area (Å²) >= 11 is 4.95. The van der Waals surface area contributed by atoms with E-state index in [1.807, 2.05) is 6.92 Å². The molecule has 0 atom stereocenters. The SMILES string of the molecule is CCCOc1ccccc1C(=O)NNC(=S)NC(=O)c1ccccc1[N+](=O)[O-]. The lowest BCUT2D eigenvalue weighted by atomic mass is 10.1. The predicted octanol–water partition coefficient (Wildman–Crippen LogP) is 2.33. The Bertz CT molecular complexity index is 903. The van der Waals surface area contributed by atoms with Gasteiger partial charge < -0.3 is 4.74 Å². The first-order valence-electron chi connectivity index (χ1n) is 8.31. The molecule has 2 rings (SSSR count). The van der Waals surface area contributed by atoms with Crippen LogP contribution in [0, 0.1) is 10.1 Å². The maximum absolute atomic E-state index is 12.3. The van der Waals surface area contributed by atoms with Gasteiger partial charge >= 0.3 is 0 Å². The number of rotatable bonds is 6. The van der Waals surface area contributed by atoms with Gasteiger partial charge in [-0.1, -0.05) is 31.2 Å². The van der Waals surface area contributed by atoms with E-state index < -0.39 is 16.7 Å². The summed E-state index contributed by atoms with van der Waals surface area (Å²) in [5.41, 5.74) is 4.52. The van der Waals surface area contributed by atoms with E-state index in [0.29, 0.717) is 12.4 Å². The van der Waals surface area contributed by atoms with Crippen LogP contribution < -0.4 is 20.9 Å². The Kier molecular flexibility index (Phi) is 7.40. The highest BCUT2D eigenvalue weighted by atomic mass is 32.1. The fourth-order valence-electron chi connectivity index (χ4n) is 2.20. The highest BCUT2D eigenvalue weighted by Crippen LogP contribution is 2.18. The number of nitrogens with one attached hydrogen (secondary N) is 3. The van der Waals surface area contributed by atoms with Gasteiger partial charge in [0.1, 0.15) is 11.3 Å². The summed E-state index contributed by atoms with van der Waals surface area (Å²) in [5.74, 6) is -0.877. The quantitative estimate of drug-likeness (QED) is 0.385. The average molecular weight is 402 g/mol. The van der Waals surface area contributed by atoms with Gasteiger partial charge in [0.15, 0.2) is 5.11 Å². The molecule has 0 unspecified atom stereocenters. The number of benzene rings is 2. The van der Waals surface area contributed by atoms with Gasteiger partial charge in [0.05, 0.1) is 17.1 Å². The van der Waals surface area contributed by atoms with Crippen molar-refractivity contribution in [2.24, 2.45) is 0 Å². The van der Waals surface area contributed by atoms with Crippen LogP contribution in [-0.4, -0.2) is 28.5 Å². The first-order valence-corrected chi connectivity index (χ1v) is 8.71. The maximum Gasteiger partial charge on any atom is 0.282 e. The molecule has 3 N–H and O–H groups in total. The lowest BCUT2D eigenvalue weighted by molar-refractivity contribution is -0.385. The number of hydrogen-bond acceptors (Lipinski definition) is 6. The van der Waals surface area contributed by atoms with E-state index in [4.69, 9.17) is 17.0 Å². The summed E-state index contributed by atoms with van der Waals surface area (Å²) in [6.07, 6.45) is 0.788. The number of thiocarbonyl (C=S) groups is 1. The first-order chi connectivity index (χ1) is 13.4. The minimum Gasteiger partial charge on any atom is -0.493 e. The first kappa shape index (κ1) is 20.8. The number of carbonyl (C=O) groups is 2. The third-order valence-corrected chi connectivity index (χ3v) is 3.66. The Labute approximate surface area is 166 Å². The van der Waals surface area contributed by atoms with Gasteiger partial charge in [-0.25, -0.2) is 0 Å². The summed E-state index contributed by atoms with van der Waals surface area (Å²) in [7, 11) is 0. The van der Waals surface area contributed by atoms with Crippen molar-refractivity contribution < 1.29 is 19.2 Å². The molecule has 9 nitrogen and oxygen atoms in total. The largest absolute Gasteiger partial charge is 0.493 e. The molecule has 0 fully saturated rings. The zero-order valence-corrected chi connectivity index (χ0v) is 15.7. The number of ether oxygens (including phenoxy) is 1. The number of amides is 2. The van der Waals surface area contributed by atoms with Crippen LogP contribution in [0.5, 0.6) is 5.75 Å². The number of nitrogens with zero attached hydrogens (tertiary/aromatic N) is 1. The molecule has 0 bridgehead atoms. The van der Waals surface area contributed by atoms with Crippen LogP contribution in [0.25, 0.3) is 0 Å². The van der Waals surface area contributed by atoms with Gasteiger partial charge in [-0.15, -0.1) is 0 Å². The number of nitro groups is 1. The summed E-state index contributed by atoms with van der Waals surface area (Å²) in [4.78, 5) is 34.8. The average Bonchev–Trinajstić information content (AvgIpc) is 2.70. The molecule has 2 aromatic carbocycles. The van der Waals surface area contributed by atoms with Crippen molar-refractivity contribution in [3.63, 3.8) is 0 Å². The molecule has 10 heteroatoms. The summed E-state index contributed by atoms with van der Waals surface area (Å²) in [6, 6.07) is 12.1. The standard InChI is InChI=1S/C18H18N4O5S/c1-2-11-27-15-10-6-4-8-13(15)17(24)20-21-18(28)19-16(23)12-7-3-5-9-14(12)22(25)26/h3-10H,2,11H2,1H3,(H,20,24)(H2,19,21,23,28). The smallest absolute Gasteiger partial charge is 0.282 e. The van der Waals surface area contributed by atoms with Gasteiger partial charge in [0, 0.05) is 6.07 Å². The topological polar surface area (TPSA) is 123 Å². The van der Waals surface area contributed by atoms with Crippen LogP contribution in [0.1, 0.15) is 34.1 Å². The van der Waals surface area contributed by atoms with Crippen molar-refractivity contribution in [2.45, 2.75) is 13.3 Å². The van der Waals surface area contributed by atoms with Crippen LogP contribution in [0.3, 0.4) is 0 Å². The monoisotopic (exact) mass is 402 g/mol. The third-order valence-electron chi connectivity index (χ3n) is 3.46. The molecule has 0 aliphatic rings. The van der Waals surface area contributed by atoms with E-state index in [1.165, 1.54) is 24.3 Å². The number of para-hydroxylation sites is 2. The molecule has 0 aliphatic carbocycles. The molecular formula is C18H18N4O5S. The molecule has 0 spiro atoms. The molecule has 28 heavy (non-hydrogen) atoms. The molecule has 0 aliphatic heterocycles. The zero-order valence-electron chi connectivity index (χ0n) is 14.9. The van der Waals surface area contributed by atoms with Crippen LogP contribution in [0.15, 0.2) is 48.5 Å². The second-order valence-electron chi connectivity index (χ2n) is 5.48. The van der Waals surface area contributed by atoms with Crippen molar-refractivity contribution in [1.29, 1.82) is 0 Å². The fourth-order valence-corrected chi connectivity index (χ4v) is 2.34. The van der Waals surface area contributed by atoms with Gasteiger partial charge in [-0.05, 0) is 36.8 Å². The Balaban J connectivity index is 1.97. The van der Waals surface area contributed by atoms with Crippen LogP contribution >= 0.6 is 12.2 Å². The van der Waals surface area contributed by atoms with Crippen LogP contribution in [0.2, 0.25) is 0 Å². The third kappa shape index (κ3) is 5.48. The predicted molar refractivity (Wildman–Crippen MR) is 106 cm³/mol. The van der Waals surface area contributed by atoms with Gasteiger partial charge in [0.2, 0.25) is 0 Å². The van der Waals surface area contributed by atoms with E-state index in [2.05, 4.69) is 16.2 Å². The molecule has 0 radical (unpaired) electrons. The number of hydrogen-bond donors (Lipinski definition) is 3. The van der Waals surface area contributed by atoms with Gasteiger partial charge in [-0.3, -0.25) is 35.9 Å². The van der Waals surface area contributed by atoms with Crippen molar-refractivity contribution in [3.8, 4) is 5.75 Å². The molecule has 2 amide bonds. The second kappa shape index (κ2) is 9.97. The number of nitro benzene ring substituents is 1. The van der Waals surface area contributed by atoms with E-state index in [-0.39, 0.29) is 21.9 Å². The highest BCUT2D eigenvalue weighted by Gasteiger charge is 2.20. The molecule has 0 aromatic heterocycles. The maximum atomic E-state index is 12.3. The number of carbonyl (C=O) groups excluding carboxylic acids is 2. The van der Waals surface area contributed by atoms with Crippen molar-refractivity contribution in [2.75, 3.05) is 6.61 Å². The Morgan fingerprint density at radius 3 is 2.36 bits per heavy atom. The molecule has 146 valence electrons. The van der Waals surface area contributed by atoms with Gasteiger partial charge in [0.25, 0.3) is 17.5 Å². The fraction of sp³-hybridized carbons (Fsp3) is 0.167. The molecule has 0 heterocycles. The number of hydrazine groups is 1. The van der Waals surface area contributed by atoms with E-state index in [9.17, 15) is 19.7 Å². The molecule has 2 aromatic rings. The summed E-state index contributed by atoms with van der Waals surface area (Å²) < 4.78 is 5.52. The Morgan fingerprint density at radius 2 is 1.68 bits per heavy atom. The van der Waals surface area contributed by atoms with Gasteiger partial charge in [-0.2, -0.15) is 0 Å². The summed E-state index contributed by atoms with van der Waals surface area (Å²) in [6.45, 7) is 2.41. The van der Waals surface area contributed by atoms with E-state index in [0.717, 1.165) is 6.42 Å². The van der Waals surface area contributed by atoms with Crippen molar-refractivity contribution in [3.05, 3.63) is 69.8 Å². The highest BCUT2D eigenvalue weighted by molar-refractivity contribution is 7.80. The summed E-state index contributed by atoms with van der Waals surface area (Å²) in [5, 5.41) is 13.1. The molecule has 0 saturated heterocycles. The van der Waals surface area contributed by atoms with Crippen molar-refractivity contribution in [1.82, 2.24) is 16.2 Å². The second-order valence-corrected chi connectivity index (χ2v) is 5.89. The Morgan fingerprint density at radius 1 is 1.04 bits per heavy atom. The lowest BCUT2D eigenvalue weighted by Gasteiger charge is -2.13. The zero-order chi connectivity index (χ0) is 20.5. The van der Waals surface area contributed by atoms with Crippen molar-refractivity contribution >= 4 is 34.8 Å². The molecular weight excluding hydrogens is 384 g/mol.